The van der Waals surface area contributed by atoms with E-state index in [1.807, 2.05) is 29.8 Å². The summed E-state index contributed by atoms with van der Waals surface area (Å²) in [6, 6.07) is 6.11. The number of benzene rings is 1. The van der Waals surface area contributed by atoms with Crippen LogP contribution in [0.4, 0.5) is 5.69 Å². The maximum atomic E-state index is 5.78. The van der Waals surface area contributed by atoms with E-state index in [9.17, 15) is 0 Å². The van der Waals surface area contributed by atoms with Crippen LogP contribution in [0.3, 0.4) is 0 Å². The SMILES string of the molecule is COC1CC(n2nnnc2-c2ccc(N)cc2C)C1. The number of methoxy groups -OCH3 is 1. The smallest absolute Gasteiger partial charge is 0.182 e. The molecule has 0 spiro atoms. The van der Waals surface area contributed by atoms with Gasteiger partial charge in [-0.25, -0.2) is 4.68 Å². The van der Waals surface area contributed by atoms with Crippen molar-refractivity contribution >= 4 is 5.69 Å². The quantitative estimate of drug-likeness (QED) is 0.847. The number of tetrazole rings is 1. The molecule has 6 nitrogen and oxygen atoms in total. The van der Waals surface area contributed by atoms with Crippen LogP contribution in [-0.4, -0.2) is 33.4 Å². The minimum absolute atomic E-state index is 0.326. The fraction of sp³-hybridized carbons (Fsp3) is 0.462. The molecule has 100 valence electrons. The molecule has 0 aliphatic heterocycles. The van der Waals surface area contributed by atoms with E-state index in [4.69, 9.17) is 10.5 Å². The molecule has 1 saturated carbocycles. The van der Waals surface area contributed by atoms with Crippen LogP contribution in [-0.2, 0) is 4.74 Å². The third-order valence-electron chi connectivity index (χ3n) is 3.73. The summed E-state index contributed by atoms with van der Waals surface area (Å²) in [6.45, 7) is 2.02. The first-order valence-corrected chi connectivity index (χ1v) is 6.36. The number of nitrogen functional groups attached to an aromatic ring is 1. The van der Waals surface area contributed by atoms with Crippen LogP contribution in [0.5, 0.6) is 0 Å². The van der Waals surface area contributed by atoms with Gasteiger partial charge >= 0.3 is 0 Å². The second kappa shape index (κ2) is 4.62. The summed E-state index contributed by atoms with van der Waals surface area (Å²) in [5.74, 6) is 0.803. The molecule has 19 heavy (non-hydrogen) atoms. The lowest BCUT2D eigenvalue weighted by Gasteiger charge is -2.34. The predicted molar refractivity (Wildman–Crippen MR) is 71.5 cm³/mol. The lowest BCUT2D eigenvalue weighted by atomic mass is 9.89. The van der Waals surface area contributed by atoms with Crippen molar-refractivity contribution < 1.29 is 4.74 Å². The Bertz CT molecular complexity index is 588. The molecule has 6 heteroatoms. The summed E-state index contributed by atoms with van der Waals surface area (Å²) >= 11 is 0. The number of ether oxygens (including phenoxy) is 1. The Morgan fingerprint density at radius 1 is 1.37 bits per heavy atom. The molecule has 3 rings (SSSR count). The van der Waals surface area contributed by atoms with E-state index in [-0.39, 0.29) is 0 Å². The summed E-state index contributed by atoms with van der Waals surface area (Å²) in [5, 5.41) is 12.1. The Kier molecular flexibility index (Phi) is 2.94. The number of nitrogens with zero attached hydrogens (tertiary/aromatic N) is 4. The van der Waals surface area contributed by atoms with Gasteiger partial charge in [-0.3, -0.25) is 0 Å². The first-order valence-electron chi connectivity index (χ1n) is 6.36. The molecule has 1 aliphatic carbocycles. The van der Waals surface area contributed by atoms with Gasteiger partial charge in [-0.15, -0.1) is 5.10 Å². The first-order chi connectivity index (χ1) is 9.19. The highest BCUT2D eigenvalue weighted by Crippen LogP contribution is 2.36. The van der Waals surface area contributed by atoms with Crippen LogP contribution in [0.1, 0.15) is 24.4 Å². The fourth-order valence-electron chi connectivity index (χ4n) is 2.48. The second-order valence-corrected chi connectivity index (χ2v) is 5.00. The normalized spacial score (nSPS) is 22.2. The summed E-state index contributed by atoms with van der Waals surface area (Å²) in [4.78, 5) is 0. The standard InChI is InChI=1S/C13H17N5O/c1-8-5-9(14)3-4-12(8)13-15-16-17-18(13)10-6-11(7-10)19-2/h3-5,10-11H,6-7,14H2,1-2H3. The molecule has 0 bridgehead atoms. The third-order valence-corrected chi connectivity index (χ3v) is 3.73. The van der Waals surface area contributed by atoms with Gasteiger partial charge in [-0.05, 0) is 54.0 Å². The number of hydrogen-bond acceptors (Lipinski definition) is 5. The Hall–Kier alpha value is -1.95. The topological polar surface area (TPSA) is 78.8 Å². The monoisotopic (exact) mass is 259 g/mol. The Morgan fingerprint density at radius 2 is 2.16 bits per heavy atom. The summed E-state index contributed by atoms with van der Waals surface area (Å²) < 4.78 is 7.20. The highest BCUT2D eigenvalue weighted by molar-refractivity contribution is 5.63. The second-order valence-electron chi connectivity index (χ2n) is 5.00. The minimum atomic E-state index is 0.326. The molecule has 1 aromatic heterocycles. The van der Waals surface area contributed by atoms with Gasteiger partial charge in [-0.1, -0.05) is 0 Å². The van der Waals surface area contributed by atoms with Gasteiger partial charge < -0.3 is 10.5 Å². The fourth-order valence-corrected chi connectivity index (χ4v) is 2.48. The van der Waals surface area contributed by atoms with Gasteiger partial charge in [0.2, 0.25) is 0 Å². The number of aromatic nitrogens is 4. The van der Waals surface area contributed by atoms with Crippen molar-refractivity contribution in [3.8, 4) is 11.4 Å². The third kappa shape index (κ3) is 2.08. The van der Waals surface area contributed by atoms with Crippen LogP contribution in [0, 0.1) is 6.92 Å². The van der Waals surface area contributed by atoms with E-state index in [1.54, 1.807) is 7.11 Å². The van der Waals surface area contributed by atoms with Gasteiger partial charge in [0, 0.05) is 18.4 Å². The maximum absolute atomic E-state index is 5.78. The Labute approximate surface area is 111 Å². The number of hydrogen-bond donors (Lipinski definition) is 1. The summed E-state index contributed by atoms with van der Waals surface area (Å²) in [7, 11) is 1.74. The molecular formula is C13H17N5O. The number of rotatable bonds is 3. The Balaban J connectivity index is 1.92. The van der Waals surface area contributed by atoms with E-state index >= 15 is 0 Å². The highest BCUT2D eigenvalue weighted by atomic mass is 16.5. The van der Waals surface area contributed by atoms with Crippen molar-refractivity contribution in [3.63, 3.8) is 0 Å². The van der Waals surface area contributed by atoms with Gasteiger partial charge in [-0.2, -0.15) is 0 Å². The highest BCUT2D eigenvalue weighted by Gasteiger charge is 2.33. The minimum Gasteiger partial charge on any atom is -0.399 e. The van der Waals surface area contributed by atoms with Gasteiger partial charge in [0.15, 0.2) is 5.82 Å². The first kappa shape index (κ1) is 12.1. The van der Waals surface area contributed by atoms with Crippen molar-refractivity contribution in [2.45, 2.75) is 31.9 Å². The van der Waals surface area contributed by atoms with Crippen molar-refractivity contribution in [1.29, 1.82) is 0 Å². The summed E-state index contributed by atoms with van der Waals surface area (Å²) in [5.41, 5.74) is 8.64. The Morgan fingerprint density at radius 3 is 2.84 bits per heavy atom. The lowest BCUT2D eigenvalue weighted by Crippen LogP contribution is -2.33. The zero-order valence-electron chi connectivity index (χ0n) is 11.1. The van der Waals surface area contributed by atoms with Gasteiger partial charge in [0.05, 0.1) is 12.1 Å². The number of nitrogens with two attached hydrogens (primary N) is 1. The molecule has 0 atom stereocenters. The maximum Gasteiger partial charge on any atom is 0.182 e. The van der Waals surface area contributed by atoms with Crippen LogP contribution in [0.2, 0.25) is 0 Å². The van der Waals surface area contributed by atoms with Gasteiger partial charge in [0.25, 0.3) is 0 Å². The molecule has 0 saturated heterocycles. The summed E-state index contributed by atoms with van der Waals surface area (Å²) in [6.07, 6.45) is 2.25. The lowest BCUT2D eigenvalue weighted by molar-refractivity contribution is 0.00248. The van der Waals surface area contributed by atoms with E-state index in [0.717, 1.165) is 35.5 Å². The molecule has 0 amide bonds. The van der Waals surface area contributed by atoms with Crippen LogP contribution >= 0.6 is 0 Å². The molecule has 1 fully saturated rings. The molecule has 2 N–H and O–H groups in total. The van der Waals surface area contributed by atoms with Crippen molar-refractivity contribution in [2.24, 2.45) is 0 Å². The average molecular weight is 259 g/mol. The van der Waals surface area contributed by atoms with E-state index in [0.29, 0.717) is 12.1 Å². The molecule has 1 heterocycles. The van der Waals surface area contributed by atoms with Gasteiger partial charge in [0.1, 0.15) is 0 Å². The molecule has 2 aromatic rings. The average Bonchev–Trinajstić information content (AvgIpc) is 2.76. The molecule has 0 unspecified atom stereocenters. The van der Waals surface area contributed by atoms with E-state index in [2.05, 4.69) is 15.5 Å². The zero-order chi connectivity index (χ0) is 13.4. The zero-order valence-corrected chi connectivity index (χ0v) is 11.1. The molecular weight excluding hydrogens is 242 g/mol. The number of anilines is 1. The largest absolute Gasteiger partial charge is 0.399 e. The van der Waals surface area contributed by atoms with Crippen molar-refractivity contribution in [3.05, 3.63) is 23.8 Å². The van der Waals surface area contributed by atoms with Crippen molar-refractivity contribution in [2.75, 3.05) is 12.8 Å². The van der Waals surface area contributed by atoms with Crippen molar-refractivity contribution in [1.82, 2.24) is 20.2 Å². The molecule has 0 radical (unpaired) electrons. The molecule has 1 aliphatic rings. The van der Waals surface area contributed by atoms with Crippen LogP contribution in [0.15, 0.2) is 18.2 Å². The number of aryl methyl sites for hydroxylation is 1. The van der Waals surface area contributed by atoms with E-state index in [1.165, 1.54) is 0 Å². The van der Waals surface area contributed by atoms with E-state index < -0.39 is 0 Å². The van der Waals surface area contributed by atoms with Crippen LogP contribution < -0.4 is 5.73 Å². The van der Waals surface area contributed by atoms with Crippen LogP contribution in [0.25, 0.3) is 11.4 Å². The predicted octanol–water partition coefficient (Wildman–Crippen LogP) is 1.58. The molecule has 1 aromatic carbocycles.